The third kappa shape index (κ3) is 8.99. The summed E-state index contributed by atoms with van der Waals surface area (Å²) in [7, 11) is -7.04. The van der Waals surface area contributed by atoms with Gasteiger partial charge >= 0.3 is 0 Å². The van der Waals surface area contributed by atoms with Crippen LogP contribution in [0.15, 0.2) is 260 Å². The van der Waals surface area contributed by atoms with Crippen molar-refractivity contribution in [2.24, 2.45) is 0 Å². The van der Waals surface area contributed by atoms with E-state index >= 15 is 0 Å². The zero-order valence-corrected chi connectivity index (χ0v) is 45.7. The predicted molar refractivity (Wildman–Crippen MR) is 351 cm³/mol. The molecule has 0 fully saturated rings. The van der Waals surface area contributed by atoms with Crippen molar-refractivity contribution in [2.45, 2.75) is 77.2 Å². The Morgan fingerprint density at radius 1 is 0.571 bits per heavy atom. The molecule has 1 aliphatic rings. The van der Waals surface area contributed by atoms with E-state index in [1.807, 2.05) is 47.0 Å². The summed E-state index contributed by atoms with van der Waals surface area (Å²) in [5, 5.41) is -3.40. The molecule has 0 unspecified atom stereocenters. The van der Waals surface area contributed by atoms with Gasteiger partial charge in [0, 0.05) is 45.0 Å². The number of hydrogen-bond acceptors (Lipinski definition) is 2. The second-order valence-electron chi connectivity index (χ2n) is 21.0. The predicted octanol–water partition coefficient (Wildman–Crippen LogP) is 16.3. The summed E-state index contributed by atoms with van der Waals surface area (Å²) in [4.78, 5) is 4.80. The van der Waals surface area contributed by atoms with E-state index in [1.165, 1.54) is 47.0 Å². The molecule has 3 heterocycles. The molecule has 0 saturated heterocycles. The van der Waals surface area contributed by atoms with Crippen LogP contribution in [0, 0.1) is 6.33 Å². The van der Waals surface area contributed by atoms with Crippen molar-refractivity contribution >= 4 is 61.7 Å². The topological polar surface area (TPSA) is 35.9 Å². The van der Waals surface area contributed by atoms with Crippen LogP contribution in [-0.4, -0.2) is 22.2 Å². The van der Waals surface area contributed by atoms with E-state index in [0.717, 1.165) is 32.5 Å². The molecule has 0 N–H and O–H groups in total. The summed E-state index contributed by atoms with van der Waals surface area (Å²) >= 11 is 0. The molecular formula is C78H68N4OSi. The van der Waals surface area contributed by atoms with Crippen LogP contribution in [0.3, 0.4) is 0 Å². The molecule has 0 bridgehead atoms. The van der Waals surface area contributed by atoms with Gasteiger partial charge in [-0.2, -0.15) is 0 Å². The van der Waals surface area contributed by atoms with E-state index in [1.54, 1.807) is 24.4 Å². The van der Waals surface area contributed by atoms with Gasteiger partial charge in [0.1, 0.15) is 17.3 Å². The Kier molecular flexibility index (Phi) is 6.16. The van der Waals surface area contributed by atoms with Crippen molar-refractivity contribution in [2.75, 3.05) is 0 Å². The van der Waals surface area contributed by atoms with E-state index in [4.69, 9.17) is 23.4 Å². The van der Waals surface area contributed by atoms with Gasteiger partial charge in [0.05, 0.1) is 65.0 Å². The van der Waals surface area contributed by atoms with Gasteiger partial charge in [-0.25, -0.2) is 4.98 Å². The maximum Gasteiger partial charge on any atom is 0.269 e. The first-order valence-corrected chi connectivity index (χ1v) is 28.2. The quantitative estimate of drug-likeness (QED) is 0.0560. The molecule has 0 spiro atoms. The number of ether oxygens (including phenoxy) is 1. The fourth-order valence-electron chi connectivity index (χ4n) is 10.9. The molecule has 0 aliphatic heterocycles. The van der Waals surface area contributed by atoms with Gasteiger partial charge in [-0.1, -0.05) is 242 Å². The van der Waals surface area contributed by atoms with Crippen LogP contribution in [0.2, 0.25) is 0 Å². The van der Waals surface area contributed by atoms with Gasteiger partial charge in [-0.15, -0.1) is 0 Å². The summed E-state index contributed by atoms with van der Waals surface area (Å²) in [5.41, 5.74) is -17.9. The highest BCUT2D eigenvalue weighted by atomic mass is 28.3. The highest BCUT2D eigenvalue weighted by Gasteiger charge is 2.45. The summed E-state index contributed by atoms with van der Waals surface area (Å²) < 4.78 is 386. The van der Waals surface area contributed by atoms with Crippen molar-refractivity contribution in [1.29, 1.82) is 0 Å². The Labute approximate surface area is 549 Å². The lowest BCUT2D eigenvalue weighted by Gasteiger charge is -2.42. The molecule has 10 aromatic carbocycles. The molecule has 13 aromatic rings. The van der Waals surface area contributed by atoms with Gasteiger partial charge in [-0.05, 0) is 143 Å². The SMILES string of the molecule is [2H]c1c([2H])c([2H])c(-c2cc(-c3c([2H])c([2H])c4c(c3[2H])C(C([2H])([2H])[2H])(C([2H])([2H])[2H])C([2H])([2H])C([2H])([2H])C4(C([2H])([2H])[2H])C([2H])([2H])[2H])c(-[n+]3[c-]n(-c4cccc(Oc5ccc6c7ccccc7n(-c7cc(C(C)(C)C)ccn7)c6c5)c4)c4ccccc43)c([Si](c3c([2H])c([2H])c([2H])c([2H])c3[2H])(c3c([2H])c([2H])c([2H])c([2H])c3[2H])c3c([2H])c([2H])c([2H])c([2H])c3[2H])c2)c([2H])c1[2H]. The Hall–Kier alpha value is -9.36. The van der Waals surface area contributed by atoms with Crippen molar-refractivity contribution in [3.05, 3.63) is 283 Å². The molecule has 84 heavy (non-hydrogen) atoms. The van der Waals surface area contributed by atoms with Crippen LogP contribution < -0.4 is 30.1 Å². The number of para-hydroxylation sites is 3. The Morgan fingerprint density at radius 3 is 1.87 bits per heavy atom. The minimum Gasteiger partial charge on any atom is -0.458 e. The van der Waals surface area contributed by atoms with Crippen molar-refractivity contribution in [1.82, 2.24) is 14.1 Å². The Bertz CT molecular complexity index is 6420. The summed E-state index contributed by atoms with van der Waals surface area (Å²) in [6.07, 6.45) is -5.06. The largest absolute Gasteiger partial charge is 0.458 e. The van der Waals surface area contributed by atoms with Crippen molar-refractivity contribution in [3.8, 4) is 50.9 Å². The van der Waals surface area contributed by atoms with Gasteiger partial charge in [0.2, 0.25) is 0 Å². The lowest BCUT2D eigenvalue weighted by molar-refractivity contribution is -0.570. The molecule has 410 valence electrons. The molecular weight excluding hydrogens is 1040 g/mol. The number of pyridine rings is 1. The summed E-state index contributed by atoms with van der Waals surface area (Å²) in [5.74, 6) is 0.878. The smallest absolute Gasteiger partial charge is 0.269 e. The minimum absolute atomic E-state index is 0.0250. The summed E-state index contributed by atoms with van der Waals surface area (Å²) in [6, 6.07) is -2.33. The number of nitrogens with zero attached hydrogens (tertiary/aromatic N) is 4. The van der Waals surface area contributed by atoms with Crippen LogP contribution in [0.25, 0.3) is 72.3 Å². The molecule has 14 rings (SSSR count). The zero-order chi connectivity index (χ0) is 91.0. The average molecular weight is 1140 g/mol. The minimum atomic E-state index is -7.04. The normalized spacial score (nSPS) is 22.4. The van der Waals surface area contributed by atoms with Gasteiger partial charge in [0.15, 0.2) is 8.07 Å². The van der Waals surface area contributed by atoms with Gasteiger partial charge in [-0.3, -0.25) is 13.7 Å². The molecule has 0 saturated carbocycles. The zero-order valence-electron chi connectivity index (χ0n) is 83.7. The van der Waals surface area contributed by atoms with Crippen LogP contribution in [0.4, 0.5) is 0 Å². The van der Waals surface area contributed by atoms with Crippen LogP contribution >= 0.6 is 0 Å². The molecule has 5 nitrogen and oxygen atoms in total. The maximum atomic E-state index is 10.9. The average Bonchev–Trinajstić information content (AvgIpc) is 1.04. The molecule has 0 atom stereocenters. The first-order valence-electron chi connectivity index (χ1n) is 45.7. The highest BCUT2D eigenvalue weighted by Crippen LogP contribution is 2.48. The van der Waals surface area contributed by atoms with Gasteiger partial charge in [0.25, 0.3) is 6.33 Å². The molecule has 6 heteroatoms. The lowest BCUT2D eigenvalue weighted by Crippen LogP contribution is -2.76. The fraction of sp³-hybridized carbons (Fsp3) is 0.154. The number of hydrogen-bond donors (Lipinski definition) is 0. The van der Waals surface area contributed by atoms with Crippen LogP contribution in [0.5, 0.6) is 11.5 Å². The van der Waals surface area contributed by atoms with E-state index in [-0.39, 0.29) is 33.6 Å². The monoisotopic (exact) mass is 1140 g/mol. The van der Waals surface area contributed by atoms with Gasteiger partial charge < -0.3 is 4.74 Å². The third-order valence-electron chi connectivity index (χ3n) is 14.8. The molecule has 0 amide bonds. The standard InChI is InChI=1S/C78H68N4OSi/c1-76(2,3)57-43-46-79-74(50-57)82-69-36-21-20-35-64(69)65-41-40-60(52-72(65)82)83-59-28-24-27-58(51-59)80-53-81(71-38-23-22-37-70(71)80)75-66(55-39-42-67-68(48-55)78(6,7)45-44-77(67,4)5)47-56(54-25-12-8-13-26-54)49-73(75)84(61-29-14-9-15-30-61,62-31-16-10-17-32-62)63-33-18-11-19-34-63/h8-43,46-52H,44-45H2,1-7H3/i4D3,5D3,6D3,7D3,8D,9D,10D,11D,12D,13D,14D,15D,16D,17D,18D,19D,25D,26D,29D,30D,31D,32D,33D,34D,39D,42D,44D2,45D2,48D. The summed E-state index contributed by atoms with van der Waals surface area (Å²) in [6.45, 7) is -12.6. The second kappa shape index (κ2) is 20.5. The first kappa shape index (κ1) is 25.2. The number of aromatic nitrogens is 4. The highest BCUT2D eigenvalue weighted by molar-refractivity contribution is 7.20. The van der Waals surface area contributed by atoms with Crippen molar-refractivity contribution in [3.63, 3.8) is 0 Å². The van der Waals surface area contributed by atoms with E-state index in [9.17, 15) is 39.8 Å². The fourth-order valence-corrected chi connectivity index (χ4v) is 14.9. The molecule has 1 aliphatic carbocycles. The lowest BCUT2D eigenvalue weighted by atomic mass is 9.63. The number of rotatable bonds is 11. The van der Waals surface area contributed by atoms with Crippen LogP contribution in [0.1, 0.15) is 131 Å². The third-order valence-corrected chi connectivity index (χ3v) is 19.0. The van der Waals surface area contributed by atoms with Crippen molar-refractivity contribution < 1.29 is 62.8 Å². The Balaban J connectivity index is 1.27. The molecule has 3 aromatic heterocycles. The number of fused-ring (bicyclic) bond motifs is 5. The van der Waals surface area contributed by atoms with Crippen LogP contribution in [-0.2, 0) is 16.2 Å². The first-order chi connectivity index (χ1) is 56.8. The molecule has 0 radical (unpaired) electrons. The van der Waals surface area contributed by atoms with E-state index in [0.29, 0.717) is 17.4 Å². The van der Waals surface area contributed by atoms with E-state index in [2.05, 4.69) is 27.1 Å². The second-order valence-corrected chi connectivity index (χ2v) is 24.5. The maximum absolute atomic E-state index is 10.9. The number of benzene rings is 10. The number of imidazole rings is 1. The van der Waals surface area contributed by atoms with E-state index < -0.39 is 258 Å². The Morgan fingerprint density at radius 2 is 1.19 bits per heavy atom.